The van der Waals surface area contributed by atoms with Crippen molar-refractivity contribution in [1.29, 1.82) is 0 Å². The zero-order valence-electron chi connectivity index (χ0n) is 14.0. The Morgan fingerprint density at radius 1 is 0.920 bits per heavy atom. The van der Waals surface area contributed by atoms with Crippen LogP contribution in [0.2, 0.25) is 0 Å². The van der Waals surface area contributed by atoms with Crippen LogP contribution in [0.25, 0.3) is 0 Å². The van der Waals surface area contributed by atoms with Gasteiger partial charge < -0.3 is 20.1 Å². The lowest BCUT2D eigenvalue weighted by molar-refractivity contribution is -0.114. The van der Waals surface area contributed by atoms with Gasteiger partial charge in [0.1, 0.15) is 24.7 Å². The van der Waals surface area contributed by atoms with E-state index in [1.54, 1.807) is 36.4 Å². The summed E-state index contributed by atoms with van der Waals surface area (Å²) < 4.78 is 10.9. The molecule has 0 spiro atoms. The summed E-state index contributed by atoms with van der Waals surface area (Å²) in [6, 6.07) is 14.6. The molecule has 0 saturated carbocycles. The molecule has 0 aliphatic heterocycles. The maximum Gasteiger partial charge on any atom is 0.243 e. The first-order valence-electron chi connectivity index (χ1n) is 7.92. The zero-order valence-corrected chi connectivity index (χ0v) is 14.0. The van der Waals surface area contributed by atoms with Gasteiger partial charge in [-0.2, -0.15) is 0 Å². The number of hydrogen-bond donors (Lipinski definition) is 2. The number of hydrogen-bond acceptors (Lipinski definition) is 4. The summed E-state index contributed by atoms with van der Waals surface area (Å²) in [5.41, 5.74) is 1.52. The van der Waals surface area contributed by atoms with Crippen LogP contribution in [0.15, 0.2) is 73.8 Å². The van der Waals surface area contributed by atoms with Crippen LogP contribution in [0.3, 0.4) is 0 Å². The van der Waals surface area contributed by atoms with E-state index in [4.69, 9.17) is 9.47 Å². The van der Waals surface area contributed by atoms with E-state index in [1.165, 1.54) is 0 Å². The van der Waals surface area contributed by atoms with Gasteiger partial charge in [-0.1, -0.05) is 31.4 Å². The first kappa shape index (κ1) is 18.1. The third-order valence-electron chi connectivity index (χ3n) is 3.16. The normalized spacial score (nSPS) is 9.76. The highest BCUT2D eigenvalue weighted by molar-refractivity contribution is 5.93. The molecule has 0 heterocycles. The van der Waals surface area contributed by atoms with E-state index in [0.29, 0.717) is 18.9 Å². The zero-order chi connectivity index (χ0) is 17.9. The van der Waals surface area contributed by atoms with Gasteiger partial charge in [0.2, 0.25) is 5.91 Å². The summed E-state index contributed by atoms with van der Waals surface area (Å²) in [7, 11) is 0. The van der Waals surface area contributed by atoms with Gasteiger partial charge in [-0.3, -0.25) is 4.79 Å². The van der Waals surface area contributed by atoms with Gasteiger partial charge in [-0.25, -0.2) is 0 Å². The summed E-state index contributed by atoms with van der Waals surface area (Å²) in [5.74, 6) is 1.31. The Labute approximate surface area is 148 Å². The second-order valence-corrected chi connectivity index (χ2v) is 5.15. The predicted octanol–water partition coefficient (Wildman–Crippen LogP) is 3.87. The fourth-order valence-corrected chi connectivity index (χ4v) is 2.03. The molecular formula is C20H22N2O3. The van der Waals surface area contributed by atoms with Crippen LogP contribution >= 0.6 is 0 Å². The fourth-order valence-electron chi connectivity index (χ4n) is 2.03. The average molecular weight is 338 g/mol. The van der Waals surface area contributed by atoms with Crippen LogP contribution < -0.4 is 20.1 Å². The molecule has 2 rings (SSSR count). The largest absolute Gasteiger partial charge is 0.490 e. The summed E-state index contributed by atoms with van der Waals surface area (Å²) in [4.78, 5) is 12.0. The van der Waals surface area contributed by atoms with Crippen LogP contribution in [0.5, 0.6) is 11.5 Å². The first-order chi connectivity index (χ1) is 12.2. The molecule has 0 atom stereocenters. The van der Waals surface area contributed by atoms with Crippen molar-refractivity contribution < 1.29 is 14.3 Å². The molecule has 0 aliphatic carbocycles. The van der Waals surface area contributed by atoms with Gasteiger partial charge >= 0.3 is 0 Å². The minimum atomic E-state index is -0.142. The Hall–Kier alpha value is -3.21. The molecule has 2 aromatic carbocycles. The van der Waals surface area contributed by atoms with E-state index in [0.717, 1.165) is 17.2 Å². The minimum absolute atomic E-state index is 0.142. The lowest BCUT2D eigenvalue weighted by Crippen LogP contribution is -2.21. The van der Waals surface area contributed by atoms with Crippen molar-refractivity contribution >= 4 is 17.3 Å². The third-order valence-corrected chi connectivity index (χ3v) is 3.16. The number of carbonyl (C=O) groups is 1. The molecule has 5 nitrogen and oxygen atoms in total. The Balaban J connectivity index is 1.82. The van der Waals surface area contributed by atoms with Crippen molar-refractivity contribution in [2.24, 2.45) is 0 Å². The standard InChI is InChI=1S/C20H22N2O3/c1-3-12-24-18-10-8-16(9-11-18)22-20(23)15-21-17-6-5-7-19(14-17)25-13-4-2/h3-11,14,21H,1-2,12-13,15H2,(H,22,23). The van der Waals surface area contributed by atoms with Crippen molar-refractivity contribution in [2.75, 3.05) is 30.4 Å². The molecule has 0 aliphatic rings. The number of carbonyl (C=O) groups excluding carboxylic acids is 1. The highest BCUT2D eigenvalue weighted by Gasteiger charge is 2.03. The monoisotopic (exact) mass is 338 g/mol. The molecule has 0 aromatic heterocycles. The van der Waals surface area contributed by atoms with Gasteiger partial charge in [-0.05, 0) is 36.4 Å². The maximum atomic E-state index is 12.0. The predicted molar refractivity (Wildman–Crippen MR) is 101 cm³/mol. The van der Waals surface area contributed by atoms with Crippen molar-refractivity contribution in [3.8, 4) is 11.5 Å². The molecule has 2 N–H and O–H groups in total. The second kappa shape index (κ2) is 9.82. The van der Waals surface area contributed by atoms with Crippen LogP contribution in [0.4, 0.5) is 11.4 Å². The fraction of sp³-hybridized carbons (Fsp3) is 0.150. The Morgan fingerprint density at radius 2 is 1.60 bits per heavy atom. The van der Waals surface area contributed by atoms with Crippen molar-refractivity contribution in [1.82, 2.24) is 0 Å². The molecule has 5 heteroatoms. The molecule has 130 valence electrons. The third kappa shape index (κ3) is 6.43. The van der Waals surface area contributed by atoms with Crippen LogP contribution in [-0.2, 0) is 4.79 Å². The molecule has 0 fully saturated rings. The van der Waals surface area contributed by atoms with E-state index in [-0.39, 0.29) is 12.5 Å². The summed E-state index contributed by atoms with van der Waals surface area (Å²) in [6.45, 7) is 8.25. The maximum absolute atomic E-state index is 12.0. The highest BCUT2D eigenvalue weighted by Crippen LogP contribution is 2.18. The Morgan fingerprint density at radius 3 is 2.28 bits per heavy atom. The minimum Gasteiger partial charge on any atom is -0.490 e. The average Bonchev–Trinajstić information content (AvgIpc) is 2.64. The number of nitrogens with one attached hydrogen (secondary N) is 2. The first-order valence-corrected chi connectivity index (χ1v) is 7.92. The summed E-state index contributed by atoms with van der Waals surface area (Å²) in [5, 5.41) is 5.89. The number of rotatable bonds is 10. The SMILES string of the molecule is C=CCOc1ccc(NC(=O)CNc2cccc(OCC=C)c2)cc1. The molecule has 0 radical (unpaired) electrons. The quantitative estimate of drug-likeness (QED) is 0.646. The summed E-state index contributed by atoms with van der Waals surface area (Å²) >= 11 is 0. The van der Waals surface area contributed by atoms with Gasteiger partial charge in [0.25, 0.3) is 0 Å². The topological polar surface area (TPSA) is 59.6 Å². The molecule has 0 unspecified atom stereocenters. The van der Waals surface area contributed by atoms with Crippen molar-refractivity contribution in [3.05, 3.63) is 73.8 Å². The highest BCUT2D eigenvalue weighted by atomic mass is 16.5. The molecule has 25 heavy (non-hydrogen) atoms. The molecule has 1 amide bonds. The summed E-state index contributed by atoms with van der Waals surface area (Å²) in [6.07, 6.45) is 3.36. The number of anilines is 2. The lowest BCUT2D eigenvalue weighted by atomic mass is 10.3. The van der Waals surface area contributed by atoms with Gasteiger partial charge in [0.15, 0.2) is 0 Å². The molecule has 2 aromatic rings. The van der Waals surface area contributed by atoms with Crippen LogP contribution in [0, 0.1) is 0 Å². The van der Waals surface area contributed by atoms with E-state index in [1.807, 2.05) is 24.3 Å². The number of amides is 1. The molecule has 0 bridgehead atoms. The van der Waals surface area contributed by atoms with E-state index >= 15 is 0 Å². The van der Waals surface area contributed by atoms with E-state index in [9.17, 15) is 4.79 Å². The Bertz CT molecular complexity index is 711. The number of ether oxygens (including phenoxy) is 2. The smallest absolute Gasteiger partial charge is 0.243 e. The Kier molecular flexibility index (Phi) is 7.13. The van der Waals surface area contributed by atoms with Crippen LogP contribution in [-0.4, -0.2) is 25.7 Å². The second-order valence-electron chi connectivity index (χ2n) is 5.15. The number of benzene rings is 2. The van der Waals surface area contributed by atoms with Gasteiger partial charge in [-0.15, -0.1) is 0 Å². The van der Waals surface area contributed by atoms with E-state index < -0.39 is 0 Å². The lowest BCUT2D eigenvalue weighted by Gasteiger charge is -2.10. The van der Waals surface area contributed by atoms with E-state index in [2.05, 4.69) is 23.8 Å². The van der Waals surface area contributed by atoms with Gasteiger partial charge in [0, 0.05) is 17.4 Å². The molecule has 0 saturated heterocycles. The van der Waals surface area contributed by atoms with Crippen molar-refractivity contribution in [3.63, 3.8) is 0 Å². The van der Waals surface area contributed by atoms with Crippen molar-refractivity contribution in [2.45, 2.75) is 0 Å². The van der Waals surface area contributed by atoms with Gasteiger partial charge in [0.05, 0.1) is 6.54 Å². The molecular weight excluding hydrogens is 316 g/mol. The van der Waals surface area contributed by atoms with Crippen LogP contribution in [0.1, 0.15) is 0 Å².